The number of hydrogen-bond donors (Lipinski definition) is 3. The van der Waals surface area contributed by atoms with Crippen LogP contribution in [-0.2, 0) is 20.9 Å². The second-order valence-corrected chi connectivity index (χ2v) is 6.23. The summed E-state index contributed by atoms with van der Waals surface area (Å²) >= 11 is 0. The first kappa shape index (κ1) is 21.6. The highest BCUT2D eigenvalue weighted by Gasteiger charge is 2.27. The molecule has 0 bridgehead atoms. The molecule has 0 aliphatic carbocycles. The Bertz CT molecular complexity index is 595. The minimum Gasteiger partial charge on any atom is -0.445 e. The van der Waals surface area contributed by atoms with Crippen LogP contribution < -0.4 is 10.6 Å². The number of aliphatic hydroxyl groups excluding tert-OH is 1. The zero-order valence-electron chi connectivity index (χ0n) is 14.9. The summed E-state index contributed by atoms with van der Waals surface area (Å²) in [5.41, 5.74) is 0.793. The van der Waals surface area contributed by atoms with Gasteiger partial charge in [-0.3, -0.25) is 9.59 Å². The third-order valence-corrected chi connectivity index (χ3v) is 3.55. The number of halogens is 1. The van der Waals surface area contributed by atoms with Gasteiger partial charge < -0.3 is 20.5 Å². The van der Waals surface area contributed by atoms with Gasteiger partial charge in [0.15, 0.2) is 5.78 Å². The van der Waals surface area contributed by atoms with Crippen molar-refractivity contribution in [2.45, 2.75) is 39.0 Å². The van der Waals surface area contributed by atoms with Crippen LogP contribution in [0.1, 0.15) is 25.8 Å². The molecule has 0 spiro atoms. The number of alkyl halides is 1. The first-order valence-corrected chi connectivity index (χ1v) is 8.34. The molecule has 144 valence electrons. The van der Waals surface area contributed by atoms with Crippen LogP contribution in [0.2, 0.25) is 0 Å². The molecule has 0 aliphatic rings. The summed E-state index contributed by atoms with van der Waals surface area (Å²) in [5, 5.41) is 13.8. The van der Waals surface area contributed by atoms with Crippen LogP contribution in [0.5, 0.6) is 0 Å². The van der Waals surface area contributed by atoms with E-state index in [0.717, 1.165) is 5.56 Å². The number of aliphatic hydroxyl groups is 1. The van der Waals surface area contributed by atoms with Crippen molar-refractivity contribution >= 4 is 17.8 Å². The Hall–Kier alpha value is -2.48. The standard InChI is InChI=1S/C18H25FN2O5/c1-12(2)8-14(17(24)20-15(10-22)16(23)9-19)21-18(25)26-11-13-6-4-3-5-7-13/h3-7,12,14-15,22H,8-11H2,1-2H3,(H,20,24)(H,21,25)/t14-,15-/m0/s1. The maximum Gasteiger partial charge on any atom is 0.408 e. The van der Waals surface area contributed by atoms with Crippen LogP contribution in [0.4, 0.5) is 9.18 Å². The normalized spacial score (nSPS) is 13.0. The van der Waals surface area contributed by atoms with Gasteiger partial charge in [-0.15, -0.1) is 0 Å². The summed E-state index contributed by atoms with van der Waals surface area (Å²) in [6, 6.07) is 6.72. The number of carbonyl (C=O) groups excluding carboxylic acids is 3. The summed E-state index contributed by atoms with van der Waals surface area (Å²) in [6.07, 6.45) is -0.499. The lowest BCUT2D eigenvalue weighted by atomic mass is 10.0. The van der Waals surface area contributed by atoms with Gasteiger partial charge in [-0.05, 0) is 17.9 Å². The number of amides is 2. The van der Waals surface area contributed by atoms with Crippen molar-refractivity contribution in [3.63, 3.8) is 0 Å². The van der Waals surface area contributed by atoms with Crippen molar-refractivity contribution in [3.8, 4) is 0 Å². The van der Waals surface area contributed by atoms with Gasteiger partial charge in [0, 0.05) is 0 Å². The molecule has 1 rings (SSSR count). The number of Topliss-reactive ketones (excluding diaryl/α,β-unsaturated/α-hetero) is 1. The molecule has 0 saturated heterocycles. The molecular formula is C18H25FN2O5. The molecule has 0 radical (unpaired) electrons. The zero-order chi connectivity index (χ0) is 19.5. The summed E-state index contributed by atoms with van der Waals surface area (Å²) in [7, 11) is 0. The summed E-state index contributed by atoms with van der Waals surface area (Å²) in [5.74, 6) is -1.56. The second-order valence-electron chi connectivity index (χ2n) is 6.23. The minimum atomic E-state index is -1.34. The molecule has 0 heterocycles. The molecule has 2 atom stereocenters. The number of benzene rings is 1. The highest BCUT2D eigenvalue weighted by molar-refractivity contribution is 5.92. The first-order valence-electron chi connectivity index (χ1n) is 8.34. The minimum absolute atomic E-state index is 0.0439. The number of ether oxygens (including phenoxy) is 1. The molecule has 3 N–H and O–H groups in total. The van der Waals surface area contributed by atoms with Gasteiger partial charge in [0.1, 0.15) is 25.4 Å². The number of nitrogens with one attached hydrogen (secondary N) is 2. The summed E-state index contributed by atoms with van der Waals surface area (Å²) in [6.45, 7) is 1.73. The molecule has 26 heavy (non-hydrogen) atoms. The van der Waals surface area contributed by atoms with E-state index in [1.807, 2.05) is 32.0 Å². The van der Waals surface area contributed by atoms with E-state index < -0.39 is 43.1 Å². The third-order valence-electron chi connectivity index (χ3n) is 3.55. The Labute approximate surface area is 151 Å². The van der Waals surface area contributed by atoms with Gasteiger partial charge >= 0.3 is 6.09 Å². The number of rotatable bonds is 10. The molecule has 0 unspecified atom stereocenters. The Morgan fingerprint density at radius 3 is 2.31 bits per heavy atom. The van der Waals surface area contributed by atoms with Crippen LogP contribution in [0, 0.1) is 5.92 Å². The van der Waals surface area contributed by atoms with Gasteiger partial charge in [0.2, 0.25) is 5.91 Å². The maximum atomic E-state index is 12.5. The first-order chi connectivity index (χ1) is 12.4. The number of ketones is 1. The SMILES string of the molecule is CC(C)C[C@H](NC(=O)OCc1ccccc1)C(=O)N[C@@H](CO)C(=O)CF. The van der Waals surface area contributed by atoms with Gasteiger partial charge in [-0.25, -0.2) is 9.18 Å². The molecule has 8 heteroatoms. The van der Waals surface area contributed by atoms with Gasteiger partial charge in [0.05, 0.1) is 6.61 Å². The van der Waals surface area contributed by atoms with Crippen molar-refractivity contribution in [1.82, 2.24) is 10.6 Å². The van der Waals surface area contributed by atoms with E-state index in [1.54, 1.807) is 12.1 Å². The highest BCUT2D eigenvalue weighted by Crippen LogP contribution is 2.07. The molecule has 0 aromatic heterocycles. The maximum absolute atomic E-state index is 12.5. The lowest BCUT2D eigenvalue weighted by molar-refractivity contribution is -0.130. The van der Waals surface area contributed by atoms with Crippen molar-refractivity contribution in [3.05, 3.63) is 35.9 Å². The van der Waals surface area contributed by atoms with Crippen LogP contribution in [0.15, 0.2) is 30.3 Å². The van der Waals surface area contributed by atoms with Crippen molar-refractivity contribution in [1.29, 1.82) is 0 Å². The van der Waals surface area contributed by atoms with Gasteiger partial charge in [-0.2, -0.15) is 0 Å². The smallest absolute Gasteiger partial charge is 0.408 e. The van der Waals surface area contributed by atoms with E-state index in [-0.39, 0.29) is 18.9 Å². The average molecular weight is 368 g/mol. The van der Waals surface area contributed by atoms with Gasteiger partial charge in [-0.1, -0.05) is 44.2 Å². The highest BCUT2D eigenvalue weighted by atomic mass is 19.1. The van der Waals surface area contributed by atoms with Crippen molar-refractivity contribution in [2.24, 2.45) is 5.92 Å². The van der Waals surface area contributed by atoms with Crippen LogP contribution >= 0.6 is 0 Å². The Balaban J connectivity index is 2.65. The van der Waals surface area contributed by atoms with Crippen molar-refractivity contribution in [2.75, 3.05) is 13.3 Å². The molecule has 1 aromatic rings. The fourth-order valence-electron chi connectivity index (χ4n) is 2.20. The van der Waals surface area contributed by atoms with E-state index in [2.05, 4.69) is 10.6 Å². The molecule has 0 fully saturated rings. The van der Waals surface area contributed by atoms with E-state index in [1.165, 1.54) is 0 Å². The Morgan fingerprint density at radius 1 is 1.12 bits per heavy atom. The predicted molar refractivity (Wildman–Crippen MR) is 93.0 cm³/mol. The number of carbonyl (C=O) groups is 3. The monoisotopic (exact) mass is 368 g/mol. The number of hydrogen-bond acceptors (Lipinski definition) is 5. The fraction of sp³-hybridized carbons (Fsp3) is 0.500. The van der Waals surface area contributed by atoms with Crippen LogP contribution in [0.3, 0.4) is 0 Å². The molecular weight excluding hydrogens is 343 g/mol. The average Bonchev–Trinajstić information content (AvgIpc) is 2.63. The van der Waals surface area contributed by atoms with E-state index in [0.29, 0.717) is 0 Å². The Kier molecular flexibility index (Phi) is 9.29. The molecule has 7 nitrogen and oxygen atoms in total. The van der Waals surface area contributed by atoms with Crippen LogP contribution in [-0.4, -0.2) is 48.3 Å². The quantitative estimate of drug-likeness (QED) is 0.578. The lowest BCUT2D eigenvalue weighted by Gasteiger charge is -2.22. The van der Waals surface area contributed by atoms with E-state index in [9.17, 15) is 18.8 Å². The van der Waals surface area contributed by atoms with E-state index in [4.69, 9.17) is 9.84 Å². The number of alkyl carbamates (subject to hydrolysis) is 1. The fourth-order valence-corrected chi connectivity index (χ4v) is 2.20. The third kappa shape index (κ3) is 7.60. The molecule has 2 amide bonds. The molecule has 0 saturated carbocycles. The second kappa shape index (κ2) is 11.2. The van der Waals surface area contributed by atoms with E-state index >= 15 is 0 Å². The Morgan fingerprint density at radius 2 is 1.77 bits per heavy atom. The largest absolute Gasteiger partial charge is 0.445 e. The van der Waals surface area contributed by atoms with Crippen molar-refractivity contribution < 1.29 is 28.6 Å². The molecule has 1 aromatic carbocycles. The lowest BCUT2D eigenvalue weighted by Crippen LogP contribution is -2.53. The topological polar surface area (TPSA) is 105 Å². The van der Waals surface area contributed by atoms with Gasteiger partial charge in [0.25, 0.3) is 0 Å². The summed E-state index contributed by atoms with van der Waals surface area (Å²) < 4.78 is 17.5. The van der Waals surface area contributed by atoms with Crippen LogP contribution in [0.25, 0.3) is 0 Å². The molecule has 0 aliphatic heterocycles. The predicted octanol–water partition coefficient (Wildman–Crippen LogP) is 1.34. The summed E-state index contributed by atoms with van der Waals surface area (Å²) in [4.78, 5) is 35.6. The zero-order valence-corrected chi connectivity index (χ0v) is 14.9.